The summed E-state index contributed by atoms with van der Waals surface area (Å²) in [6.45, 7) is 0.222. The summed E-state index contributed by atoms with van der Waals surface area (Å²) in [6.07, 6.45) is 0. The van der Waals surface area contributed by atoms with E-state index in [1.807, 2.05) is 0 Å². The molecule has 1 fully saturated rings. The van der Waals surface area contributed by atoms with Crippen LogP contribution in [0.25, 0.3) is 0 Å². The number of esters is 1. The van der Waals surface area contributed by atoms with Gasteiger partial charge in [0.15, 0.2) is 6.04 Å². The molecule has 2 atom stereocenters. The number of likely N-dealkylation sites (tertiary alicyclic amines) is 1. The van der Waals surface area contributed by atoms with E-state index in [0.717, 1.165) is 5.56 Å². The Balaban J connectivity index is 2.21. The van der Waals surface area contributed by atoms with Gasteiger partial charge in [-0.1, -0.05) is 0 Å². The van der Waals surface area contributed by atoms with Crippen molar-refractivity contribution in [3.63, 3.8) is 0 Å². The molecule has 2 N–H and O–H groups in total. The predicted octanol–water partition coefficient (Wildman–Crippen LogP) is -0.0851. The summed E-state index contributed by atoms with van der Waals surface area (Å²) in [4.78, 5) is 24.9. The first-order chi connectivity index (χ1) is 10.0. The molecule has 2 rings (SSSR count). The summed E-state index contributed by atoms with van der Waals surface area (Å²) in [6, 6.07) is 3.65. The highest BCUT2D eigenvalue weighted by Crippen LogP contribution is 2.29. The number of carbonyl (C=O) groups is 2. The molecule has 7 heteroatoms. The maximum atomic E-state index is 11.8. The number of benzene rings is 1. The number of ether oxygens (including phenoxy) is 3. The smallest absolute Gasteiger partial charge is 0.330 e. The monoisotopic (exact) mass is 294 g/mol. The molecular weight excluding hydrogens is 276 g/mol. The summed E-state index contributed by atoms with van der Waals surface area (Å²) in [5, 5.41) is 0. The molecule has 1 aliphatic rings. The standard InChI is InChI=1S/C14H18N2O5/c1-19-9-5-4-8(10(6-9)20-2)7-16-12(14(18)21-3)11(15)13(16)17/h4-6,11-12H,7,15H2,1-3H3. The Labute approximate surface area is 122 Å². The largest absolute Gasteiger partial charge is 0.497 e. The van der Waals surface area contributed by atoms with Crippen LogP contribution in [0.4, 0.5) is 0 Å². The van der Waals surface area contributed by atoms with Gasteiger partial charge in [0.25, 0.3) is 0 Å². The molecule has 114 valence electrons. The third-order valence-electron chi connectivity index (χ3n) is 3.52. The van der Waals surface area contributed by atoms with Gasteiger partial charge in [-0.3, -0.25) is 4.79 Å². The summed E-state index contributed by atoms with van der Waals surface area (Å²) < 4.78 is 15.1. The number of hydrogen-bond acceptors (Lipinski definition) is 6. The van der Waals surface area contributed by atoms with Crippen LogP contribution in [0.1, 0.15) is 5.56 Å². The predicted molar refractivity (Wildman–Crippen MR) is 73.9 cm³/mol. The first kappa shape index (κ1) is 15.1. The molecule has 0 aliphatic carbocycles. The summed E-state index contributed by atoms with van der Waals surface area (Å²) in [7, 11) is 4.35. The van der Waals surface area contributed by atoms with Gasteiger partial charge >= 0.3 is 5.97 Å². The van der Waals surface area contributed by atoms with E-state index < -0.39 is 18.1 Å². The van der Waals surface area contributed by atoms with Gasteiger partial charge in [0.2, 0.25) is 5.91 Å². The number of nitrogens with zero attached hydrogens (tertiary/aromatic N) is 1. The van der Waals surface area contributed by atoms with Crippen LogP contribution in [0.2, 0.25) is 0 Å². The van der Waals surface area contributed by atoms with Crippen molar-refractivity contribution in [2.75, 3.05) is 21.3 Å². The van der Waals surface area contributed by atoms with Crippen molar-refractivity contribution in [2.45, 2.75) is 18.6 Å². The van der Waals surface area contributed by atoms with Crippen molar-refractivity contribution in [3.05, 3.63) is 23.8 Å². The van der Waals surface area contributed by atoms with E-state index in [-0.39, 0.29) is 12.5 Å². The zero-order chi connectivity index (χ0) is 15.6. The van der Waals surface area contributed by atoms with Crippen LogP contribution in [-0.2, 0) is 20.9 Å². The molecular formula is C14H18N2O5. The number of carbonyl (C=O) groups excluding carboxylic acids is 2. The molecule has 1 aliphatic heterocycles. The number of amides is 1. The second kappa shape index (κ2) is 6.01. The van der Waals surface area contributed by atoms with Crippen molar-refractivity contribution in [1.82, 2.24) is 4.90 Å². The molecule has 0 radical (unpaired) electrons. The number of β-lactam (4-membered cyclic amide) rings is 1. The van der Waals surface area contributed by atoms with Crippen LogP contribution in [0.5, 0.6) is 11.5 Å². The molecule has 7 nitrogen and oxygen atoms in total. The van der Waals surface area contributed by atoms with Crippen LogP contribution < -0.4 is 15.2 Å². The number of nitrogens with two attached hydrogens (primary N) is 1. The van der Waals surface area contributed by atoms with E-state index in [1.165, 1.54) is 19.1 Å². The van der Waals surface area contributed by atoms with Crippen molar-refractivity contribution in [3.8, 4) is 11.5 Å². The van der Waals surface area contributed by atoms with E-state index in [2.05, 4.69) is 4.74 Å². The Kier molecular flexibility index (Phi) is 4.32. The summed E-state index contributed by atoms with van der Waals surface area (Å²) >= 11 is 0. The van der Waals surface area contributed by atoms with Gasteiger partial charge in [0, 0.05) is 11.6 Å². The second-order valence-electron chi connectivity index (χ2n) is 4.64. The van der Waals surface area contributed by atoms with Crippen molar-refractivity contribution >= 4 is 11.9 Å². The highest BCUT2D eigenvalue weighted by atomic mass is 16.5. The number of rotatable bonds is 5. The van der Waals surface area contributed by atoms with E-state index >= 15 is 0 Å². The molecule has 1 amide bonds. The van der Waals surface area contributed by atoms with Crippen LogP contribution in [0.3, 0.4) is 0 Å². The molecule has 0 aromatic heterocycles. The maximum absolute atomic E-state index is 11.8. The minimum atomic E-state index is -0.846. The minimum absolute atomic E-state index is 0.222. The van der Waals surface area contributed by atoms with Gasteiger partial charge in [0.05, 0.1) is 27.9 Å². The lowest BCUT2D eigenvalue weighted by Gasteiger charge is -2.43. The minimum Gasteiger partial charge on any atom is -0.497 e. The molecule has 1 heterocycles. The van der Waals surface area contributed by atoms with Crippen LogP contribution in [0, 0.1) is 0 Å². The molecule has 0 saturated carbocycles. The third-order valence-corrected chi connectivity index (χ3v) is 3.52. The van der Waals surface area contributed by atoms with E-state index in [0.29, 0.717) is 11.5 Å². The number of hydrogen-bond donors (Lipinski definition) is 1. The maximum Gasteiger partial charge on any atom is 0.330 e. The summed E-state index contributed by atoms with van der Waals surface area (Å²) in [5.41, 5.74) is 6.42. The third kappa shape index (κ3) is 2.64. The SMILES string of the molecule is COC(=O)C1C(N)C(=O)N1Cc1ccc(OC)cc1OC. The Morgan fingerprint density at radius 1 is 1.29 bits per heavy atom. The van der Waals surface area contributed by atoms with Crippen molar-refractivity contribution < 1.29 is 23.8 Å². The van der Waals surface area contributed by atoms with Gasteiger partial charge in [0.1, 0.15) is 17.5 Å². The van der Waals surface area contributed by atoms with Gasteiger partial charge < -0.3 is 24.8 Å². The fraction of sp³-hybridized carbons (Fsp3) is 0.429. The lowest BCUT2D eigenvalue weighted by molar-refractivity contribution is -0.167. The highest BCUT2D eigenvalue weighted by molar-refractivity contribution is 5.99. The molecule has 2 unspecified atom stereocenters. The average Bonchev–Trinajstić information content (AvgIpc) is 2.53. The molecule has 0 spiro atoms. The first-order valence-electron chi connectivity index (χ1n) is 6.38. The molecule has 1 aromatic carbocycles. The second-order valence-corrected chi connectivity index (χ2v) is 4.64. The normalized spacial score (nSPS) is 20.8. The van der Waals surface area contributed by atoms with Crippen molar-refractivity contribution in [1.29, 1.82) is 0 Å². The van der Waals surface area contributed by atoms with Gasteiger partial charge in [-0.05, 0) is 12.1 Å². The topological polar surface area (TPSA) is 91.1 Å². The van der Waals surface area contributed by atoms with Crippen LogP contribution in [-0.4, -0.2) is 50.2 Å². The van der Waals surface area contributed by atoms with Crippen molar-refractivity contribution in [2.24, 2.45) is 5.73 Å². The van der Waals surface area contributed by atoms with Gasteiger partial charge in [-0.25, -0.2) is 4.79 Å². The molecule has 1 saturated heterocycles. The molecule has 0 bridgehead atoms. The average molecular weight is 294 g/mol. The quantitative estimate of drug-likeness (QED) is 0.603. The zero-order valence-corrected chi connectivity index (χ0v) is 12.2. The lowest BCUT2D eigenvalue weighted by Crippen LogP contribution is -2.71. The van der Waals surface area contributed by atoms with E-state index in [1.54, 1.807) is 25.3 Å². The van der Waals surface area contributed by atoms with E-state index in [9.17, 15) is 9.59 Å². The number of methoxy groups -OCH3 is 3. The Morgan fingerprint density at radius 2 is 2.00 bits per heavy atom. The Hall–Kier alpha value is -2.28. The molecule has 1 aromatic rings. The summed E-state index contributed by atoms with van der Waals surface area (Å²) in [5.74, 6) is 0.413. The molecule has 21 heavy (non-hydrogen) atoms. The van der Waals surface area contributed by atoms with E-state index in [4.69, 9.17) is 15.2 Å². The Bertz CT molecular complexity index is 560. The fourth-order valence-corrected chi connectivity index (χ4v) is 2.31. The lowest BCUT2D eigenvalue weighted by atomic mass is 9.95. The Morgan fingerprint density at radius 3 is 2.57 bits per heavy atom. The highest BCUT2D eigenvalue weighted by Gasteiger charge is 2.50. The fourth-order valence-electron chi connectivity index (χ4n) is 2.31. The van der Waals surface area contributed by atoms with Gasteiger partial charge in [-0.2, -0.15) is 0 Å². The van der Waals surface area contributed by atoms with Gasteiger partial charge in [-0.15, -0.1) is 0 Å². The van der Waals surface area contributed by atoms with Crippen LogP contribution in [0.15, 0.2) is 18.2 Å². The first-order valence-corrected chi connectivity index (χ1v) is 6.38. The zero-order valence-electron chi connectivity index (χ0n) is 12.2. The van der Waals surface area contributed by atoms with Crippen LogP contribution >= 0.6 is 0 Å².